The van der Waals surface area contributed by atoms with Gasteiger partial charge in [-0.25, -0.2) is 9.40 Å². The standard InChI is InChI=1S/C16H15F3N4O3/c1-4-5-21-12-7-11(10(17)6-13(12)26-8-14(21)24)23-16(25-3)22(15(18)19)9(2)20-23/h1,6-7,15-16H,5,8H2,2-3H3. The van der Waals surface area contributed by atoms with Crippen molar-refractivity contribution < 1.29 is 27.4 Å². The molecule has 10 heteroatoms. The highest BCUT2D eigenvalue weighted by Crippen LogP contribution is 2.39. The lowest BCUT2D eigenvalue weighted by Crippen LogP contribution is -2.46. The minimum absolute atomic E-state index is 0.0422. The first-order chi connectivity index (χ1) is 12.4. The average Bonchev–Trinajstić information content (AvgIpc) is 2.93. The van der Waals surface area contributed by atoms with Gasteiger partial charge in [0.1, 0.15) is 17.3 Å². The van der Waals surface area contributed by atoms with Crippen LogP contribution in [0.3, 0.4) is 0 Å². The van der Waals surface area contributed by atoms with Crippen molar-refractivity contribution in [2.24, 2.45) is 5.10 Å². The maximum absolute atomic E-state index is 14.6. The maximum atomic E-state index is 14.6. The Balaban J connectivity index is 2.07. The van der Waals surface area contributed by atoms with Crippen LogP contribution in [0.4, 0.5) is 24.5 Å². The van der Waals surface area contributed by atoms with Crippen molar-refractivity contribution in [1.82, 2.24) is 4.90 Å². The van der Waals surface area contributed by atoms with Crippen LogP contribution in [0, 0.1) is 18.2 Å². The fourth-order valence-electron chi connectivity index (χ4n) is 2.81. The Hall–Kier alpha value is -2.93. The van der Waals surface area contributed by atoms with Gasteiger partial charge in [0.25, 0.3) is 5.91 Å². The third kappa shape index (κ3) is 2.80. The number of methoxy groups -OCH3 is 1. The Morgan fingerprint density at radius 1 is 1.46 bits per heavy atom. The van der Waals surface area contributed by atoms with Crippen LogP contribution in [0.15, 0.2) is 17.2 Å². The molecule has 2 aliphatic heterocycles. The fourth-order valence-corrected chi connectivity index (χ4v) is 2.81. The highest BCUT2D eigenvalue weighted by atomic mass is 19.3. The second-order valence-electron chi connectivity index (χ2n) is 5.48. The Bertz CT molecular complexity index is 809. The smallest absolute Gasteiger partial charge is 0.319 e. The van der Waals surface area contributed by atoms with Crippen LogP contribution < -0.4 is 14.6 Å². The number of halogens is 3. The monoisotopic (exact) mass is 368 g/mol. The molecular formula is C16H15F3N4O3. The van der Waals surface area contributed by atoms with Gasteiger partial charge in [0.2, 0.25) is 6.35 Å². The second kappa shape index (κ2) is 6.76. The van der Waals surface area contributed by atoms with E-state index < -0.39 is 24.6 Å². The predicted octanol–water partition coefficient (Wildman–Crippen LogP) is 1.79. The van der Waals surface area contributed by atoms with Crippen LogP contribution in [0.2, 0.25) is 0 Å². The lowest BCUT2D eigenvalue weighted by atomic mass is 10.2. The lowest BCUT2D eigenvalue weighted by Gasteiger charge is -2.32. The number of hydrogen-bond acceptors (Lipinski definition) is 6. The summed E-state index contributed by atoms with van der Waals surface area (Å²) in [6, 6.07) is 2.33. The summed E-state index contributed by atoms with van der Waals surface area (Å²) >= 11 is 0. The van der Waals surface area contributed by atoms with E-state index in [1.54, 1.807) is 0 Å². The fraction of sp³-hybridized carbons (Fsp3) is 0.375. The van der Waals surface area contributed by atoms with Crippen molar-refractivity contribution in [2.75, 3.05) is 30.2 Å². The van der Waals surface area contributed by atoms with Gasteiger partial charge >= 0.3 is 6.55 Å². The third-order valence-corrected chi connectivity index (χ3v) is 3.96. The Morgan fingerprint density at radius 3 is 2.81 bits per heavy atom. The summed E-state index contributed by atoms with van der Waals surface area (Å²) in [7, 11) is 1.20. The summed E-state index contributed by atoms with van der Waals surface area (Å²) in [4.78, 5) is 13.9. The van der Waals surface area contributed by atoms with Gasteiger partial charge in [0.05, 0.1) is 12.2 Å². The van der Waals surface area contributed by atoms with Crippen molar-refractivity contribution in [2.45, 2.75) is 19.8 Å². The number of amidine groups is 1. The molecule has 3 rings (SSSR count). The van der Waals surface area contributed by atoms with Crippen LogP contribution >= 0.6 is 0 Å². The summed E-state index contributed by atoms with van der Waals surface area (Å²) < 4.78 is 51.4. The molecule has 1 aromatic carbocycles. The molecule has 1 atom stereocenters. The molecule has 0 spiro atoms. The molecule has 0 aliphatic carbocycles. The number of ether oxygens (including phenoxy) is 2. The number of nitrogens with zero attached hydrogens (tertiary/aromatic N) is 4. The number of alkyl halides is 2. The molecule has 0 radical (unpaired) electrons. The van der Waals surface area contributed by atoms with Crippen LogP contribution in [-0.4, -0.2) is 49.8 Å². The zero-order chi connectivity index (χ0) is 19.0. The number of fused-ring (bicyclic) bond motifs is 1. The van der Waals surface area contributed by atoms with Crippen molar-refractivity contribution in [3.63, 3.8) is 0 Å². The predicted molar refractivity (Wildman–Crippen MR) is 87.3 cm³/mol. The van der Waals surface area contributed by atoms with Crippen LogP contribution in [0.1, 0.15) is 6.92 Å². The van der Waals surface area contributed by atoms with E-state index in [0.717, 1.165) is 11.1 Å². The molecule has 1 aromatic rings. The summed E-state index contributed by atoms with van der Waals surface area (Å²) in [6.45, 7) is -1.85. The first-order valence-electron chi connectivity index (χ1n) is 7.53. The van der Waals surface area contributed by atoms with E-state index in [-0.39, 0.29) is 36.1 Å². The number of anilines is 2. The van der Waals surface area contributed by atoms with Crippen molar-refractivity contribution in [3.8, 4) is 18.1 Å². The van der Waals surface area contributed by atoms with Gasteiger partial charge in [0.15, 0.2) is 12.4 Å². The third-order valence-electron chi connectivity index (χ3n) is 3.96. The number of carbonyl (C=O) groups excluding carboxylic acids is 1. The van der Waals surface area contributed by atoms with E-state index in [1.165, 1.54) is 25.0 Å². The molecule has 2 heterocycles. The molecule has 1 unspecified atom stereocenters. The Kier molecular flexibility index (Phi) is 4.65. The highest BCUT2D eigenvalue weighted by molar-refractivity contribution is 5.99. The first-order valence-corrected chi connectivity index (χ1v) is 7.53. The van der Waals surface area contributed by atoms with Gasteiger partial charge in [-0.15, -0.1) is 6.42 Å². The molecule has 0 saturated heterocycles. The SMILES string of the molecule is C#CCN1C(=O)COc2cc(F)c(N3N=C(C)N(C(F)F)C3OC)cc21. The molecule has 2 aliphatic rings. The topological polar surface area (TPSA) is 57.6 Å². The zero-order valence-electron chi connectivity index (χ0n) is 13.9. The molecule has 1 amide bonds. The number of hydrazone groups is 1. The van der Waals surface area contributed by atoms with Gasteiger partial charge in [-0.1, -0.05) is 5.92 Å². The number of hydrogen-bond donors (Lipinski definition) is 0. The second-order valence-corrected chi connectivity index (χ2v) is 5.48. The number of benzene rings is 1. The molecule has 0 fully saturated rings. The van der Waals surface area contributed by atoms with Gasteiger partial charge in [-0.3, -0.25) is 14.6 Å². The zero-order valence-corrected chi connectivity index (χ0v) is 13.9. The summed E-state index contributed by atoms with van der Waals surface area (Å²) in [5.74, 6) is 1.26. The number of amides is 1. The van der Waals surface area contributed by atoms with E-state index in [9.17, 15) is 18.0 Å². The molecule has 0 aromatic heterocycles. The van der Waals surface area contributed by atoms with Gasteiger partial charge in [-0.2, -0.15) is 13.9 Å². The Morgan fingerprint density at radius 2 is 2.19 bits per heavy atom. The quantitative estimate of drug-likeness (QED) is 0.599. The van der Waals surface area contributed by atoms with Gasteiger partial charge < -0.3 is 9.47 Å². The minimum Gasteiger partial charge on any atom is -0.481 e. The van der Waals surface area contributed by atoms with E-state index in [0.29, 0.717) is 4.90 Å². The van der Waals surface area contributed by atoms with Crippen LogP contribution in [0.5, 0.6) is 5.75 Å². The van der Waals surface area contributed by atoms with Crippen molar-refractivity contribution >= 4 is 23.1 Å². The summed E-state index contributed by atoms with van der Waals surface area (Å²) in [6.07, 6.45) is 3.94. The molecule has 0 N–H and O–H groups in total. The average molecular weight is 368 g/mol. The van der Waals surface area contributed by atoms with E-state index in [2.05, 4.69) is 11.0 Å². The van der Waals surface area contributed by atoms with E-state index in [4.69, 9.17) is 15.9 Å². The summed E-state index contributed by atoms with van der Waals surface area (Å²) in [5.41, 5.74) is 0.0761. The van der Waals surface area contributed by atoms with Crippen molar-refractivity contribution in [1.29, 1.82) is 0 Å². The maximum Gasteiger partial charge on any atom is 0.319 e. The first kappa shape index (κ1) is 17.9. The minimum atomic E-state index is -2.89. The normalized spacial score (nSPS) is 19.4. The highest BCUT2D eigenvalue weighted by Gasteiger charge is 2.40. The molecular weight excluding hydrogens is 353 g/mol. The number of carbonyl (C=O) groups is 1. The van der Waals surface area contributed by atoms with Crippen molar-refractivity contribution in [3.05, 3.63) is 17.9 Å². The molecule has 26 heavy (non-hydrogen) atoms. The summed E-state index contributed by atoms with van der Waals surface area (Å²) in [5, 5.41) is 4.94. The van der Waals surface area contributed by atoms with E-state index >= 15 is 0 Å². The van der Waals surface area contributed by atoms with Gasteiger partial charge in [-0.05, 0) is 13.0 Å². The largest absolute Gasteiger partial charge is 0.481 e. The molecule has 7 nitrogen and oxygen atoms in total. The lowest BCUT2D eigenvalue weighted by molar-refractivity contribution is -0.121. The number of terminal acetylenes is 1. The Labute approximate surface area is 147 Å². The van der Waals surface area contributed by atoms with Gasteiger partial charge in [0, 0.05) is 13.2 Å². The van der Waals surface area contributed by atoms with E-state index in [1.807, 2.05) is 0 Å². The number of rotatable bonds is 4. The van der Waals surface area contributed by atoms with Crippen LogP contribution in [0.25, 0.3) is 0 Å². The molecule has 138 valence electrons. The molecule has 0 bridgehead atoms. The van der Waals surface area contributed by atoms with Crippen LogP contribution in [-0.2, 0) is 9.53 Å². The molecule has 0 saturated carbocycles.